The number of aromatic nitrogens is 2. The lowest BCUT2D eigenvalue weighted by atomic mass is 9.91. The summed E-state index contributed by atoms with van der Waals surface area (Å²) >= 11 is 0. The van der Waals surface area contributed by atoms with Gasteiger partial charge in [-0.25, -0.2) is 9.59 Å². The molecule has 4 N–H and O–H groups in total. The van der Waals surface area contributed by atoms with Gasteiger partial charge in [0.25, 0.3) is 0 Å². The van der Waals surface area contributed by atoms with Crippen LogP contribution in [0.3, 0.4) is 0 Å². The van der Waals surface area contributed by atoms with Crippen LogP contribution in [-0.2, 0) is 108 Å². The van der Waals surface area contributed by atoms with E-state index in [1.165, 1.54) is 7.11 Å². The summed E-state index contributed by atoms with van der Waals surface area (Å²) in [5.41, 5.74) is 11.6. The van der Waals surface area contributed by atoms with E-state index in [-0.39, 0.29) is 22.3 Å². The molecule has 2 aliphatic rings. The minimum Gasteiger partial charge on any atom is -0.496 e. The molecule has 0 unspecified atom stereocenters. The van der Waals surface area contributed by atoms with Crippen molar-refractivity contribution >= 4 is 76.2 Å². The Morgan fingerprint density at radius 3 is 1.43 bits per heavy atom. The standard InChI is InChI=1S/C26H25F6N3O10.C18H23F3N2O10.C8H6F3N3O/c1-11(36)42-10-19(43-12(2)37)21(44-13(3)38)22-20(33-24(40)26(30,31)32)17(8-18(45-22)23(39)41-4)35-9-14-5-6-15(25(27,28)29)7-16(14)34-35;1-7(24)30-6-12(31-8(2)25)14(32-9(3)26)15-13(23-17(28)18(19,20)21)10(22)5-11(33-15)16(27)29-4;1-15-7-3-2-5(8(9,10)11)4-6(7)13-14-12/h5-9,17,19-22H,10H2,1-4H3,(H,33,40);5,10,12-15H,6,22H2,1-4H3,(H,23,28);2-4H,1H3/t17-,19+,20+,21+,22+;10-,12+,13+,14+,15+;/m00./s1. The van der Waals surface area contributed by atoms with Crippen LogP contribution < -0.4 is 21.1 Å². The van der Waals surface area contributed by atoms with Crippen LogP contribution in [0.1, 0.15) is 58.7 Å². The molecule has 2 aromatic carbocycles. The molecular weight excluding hydrogens is 1300 g/mol. The minimum atomic E-state index is -5.50. The molecule has 0 fully saturated rings. The first-order valence-electron chi connectivity index (χ1n) is 25.7. The zero-order valence-corrected chi connectivity index (χ0v) is 49.3. The number of nitrogens with zero attached hydrogens (tertiary/aromatic N) is 5. The number of carbonyl (C=O) groups is 10. The largest absolute Gasteiger partial charge is 0.496 e. The maximum absolute atomic E-state index is 13.5. The third-order valence-electron chi connectivity index (χ3n) is 11.9. The van der Waals surface area contributed by atoms with Crippen LogP contribution in [0.2, 0.25) is 0 Å². The second kappa shape index (κ2) is 32.8. The van der Waals surface area contributed by atoms with Crippen LogP contribution in [0, 0.1) is 0 Å². The molecule has 10 atom stereocenters. The normalized spacial score (nSPS) is 19.1. The summed E-state index contributed by atoms with van der Waals surface area (Å²) in [6, 6.07) is -1.77. The molecule has 41 heteroatoms. The Bertz CT molecular complexity index is 3370. The van der Waals surface area contributed by atoms with E-state index in [4.69, 9.17) is 53.9 Å². The van der Waals surface area contributed by atoms with Gasteiger partial charge in [0.1, 0.15) is 19.0 Å². The second-order valence-electron chi connectivity index (χ2n) is 18.8. The molecule has 3 aromatic rings. The Morgan fingerprint density at radius 2 is 1.03 bits per heavy atom. The molecule has 0 radical (unpaired) electrons. The van der Waals surface area contributed by atoms with Crippen molar-refractivity contribution in [2.75, 3.05) is 34.5 Å². The number of fused-ring (bicyclic) bond motifs is 1. The fourth-order valence-electron chi connectivity index (χ4n) is 8.16. The molecule has 2 aliphatic heterocycles. The first kappa shape index (κ1) is 77.2. The predicted octanol–water partition coefficient (Wildman–Crippen LogP) is 5.42. The van der Waals surface area contributed by atoms with Gasteiger partial charge in [0.15, 0.2) is 36.6 Å². The zero-order valence-electron chi connectivity index (χ0n) is 49.3. The highest BCUT2D eigenvalue weighted by molar-refractivity contribution is 5.88. The lowest BCUT2D eigenvalue weighted by molar-refractivity contribution is -0.191. The van der Waals surface area contributed by atoms with Crippen molar-refractivity contribution in [1.29, 1.82) is 0 Å². The topological polar surface area (TPSA) is 389 Å². The zero-order chi connectivity index (χ0) is 70.8. The van der Waals surface area contributed by atoms with E-state index >= 15 is 0 Å². The van der Waals surface area contributed by atoms with Crippen LogP contribution in [-0.4, -0.2) is 171 Å². The van der Waals surface area contributed by atoms with Gasteiger partial charge in [0.2, 0.25) is 11.5 Å². The number of carbonyl (C=O) groups excluding carboxylic acids is 10. The van der Waals surface area contributed by atoms with Crippen molar-refractivity contribution in [2.45, 2.75) is 127 Å². The van der Waals surface area contributed by atoms with Crippen molar-refractivity contribution in [1.82, 2.24) is 20.4 Å². The fraction of sp³-hybridized carbons (Fsp3) is 0.481. The SMILES string of the molecule is COC(=O)C1=C[C@H](N)[C@@H](NC(=O)C(F)(F)F)[C@H]([C@H](OC(C)=O)[C@@H](COC(C)=O)OC(C)=O)O1.COC(=O)C1=C[C@H](n2cc3ccc(C(F)(F)F)cc3n2)[C@@H](NC(=O)C(F)(F)F)[C@H]([C@H](OC(C)=O)[C@@H](COC(C)=O)OC(C)=O)O1.COc1ccc(C(F)(F)F)cc1N=[N+]=[N-]. The number of hydrogen-bond donors (Lipinski definition) is 3. The van der Waals surface area contributed by atoms with E-state index in [1.807, 2.05) is 0 Å². The second-order valence-corrected chi connectivity index (χ2v) is 18.8. The van der Waals surface area contributed by atoms with E-state index in [1.54, 1.807) is 10.6 Å². The van der Waals surface area contributed by atoms with Crippen molar-refractivity contribution in [3.8, 4) is 5.75 Å². The number of alkyl halides is 12. The molecule has 512 valence electrons. The fourth-order valence-corrected chi connectivity index (χ4v) is 8.16. The maximum Gasteiger partial charge on any atom is 0.471 e. The molecule has 1 aromatic heterocycles. The van der Waals surface area contributed by atoms with E-state index in [2.05, 4.69) is 24.6 Å². The average molecular weight is 1360 g/mol. The first-order chi connectivity index (χ1) is 43.0. The van der Waals surface area contributed by atoms with Gasteiger partial charge in [-0.15, -0.1) is 0 Å². The monoisotopic (exact) mass is 1350 g/mol. The number of ether oxygens (including phenoxy) is 11. The van der Waals surface area contributed by atoms with Crippen LogP contribution in [0.5, 0.6) is 5.75 Å². The molecular formula is C52H54F12N8O21. The quantitative estimate of drug-likeness (QED) is 0.0336. The number of azide groups is 1. The summed E-state index contributed by atoms with van der Waals surface area (Å²) in [6.07, 6.45) is -28.2. The van der Waals surface area contributed by atoms with E-state index < -0.39 is 181 Å². The Labute approximate surface area is 514 Å². The van der Waals surface area contributed by atoms with Gasteiger partial charge < -0.3 is 68.5 Å². The predicted molar refractivity (Wildman–Crippen MR) is 280 cm³/mol. The van der Waals surface area contributed by atoms with Gasteiger partial charge in [-0.05, 0) is 48.0 Å². The van der Waals surface area contributed by atoms with Crippen LogP contribution >= 0.6 is 0 Å². The number of nitrogens with two attached hydrogens (primary N) is 1. The van der Waals surface area contributed by atoms with Gasteiger partial charge in [-0.1, -0.05) is 11.2 Å². The molecule has 5 rings (SSSR count). The van der Waals surface area contributed by atoms with Crippen LogP contribution in [0.4, 0.5) is 58.4 Å². The molecule has 93 heavy (non-hydrogen) atoms. The van der Waals surface area contributed by atoms with E-state index in [0.29, 0.717) is 6.07 Å². The summed E-state index contributed by atoms with van der Waals surface area (Å²) in [6.45, 7) is 4.10. The third kappa shape index (κ3) is 23.0. The summed E-state index contributed by atoms with van der Waals surface area (Å²) in [7, 11) is 3.18. The van der Waals surface area contributed by atoms with Gasteiger partial charge >= 0.3 is 84.3 Å². The van der Waals surface area contributed by atoms with Crippen LogP contribution in [0.25, 0.3) is 21.3 Å². The molecule has 0 saturated carbocycles. The van der Waals surface area contributed by atoms with Gasteiger partial charge in [0.05, 0.1) is 67.8 Å². The van der Waals surface area contributed by atoms with Crippen molar-refractivity contribution in [3.63, 3.8) is 0 Å². The van der Waals surface area contributed by atoms with Crippen molar-refractivity contribution in [3.05, 3.63) is 87.8 Å². The van der Waals surface area contributed by atoms with Crippen molar-refractivity contribution in [2.24, 2.45) is 10.8 Å². The highest BCUT2D eigenvalue weighted by Gasteiger charge is 2.53. The lowest BCUT2D eigenvalue weighted by Gasteiger charge is -2.41. The van der Waals surface area contributed by atoms with Crippen molar-refractivity contribution < 1.29 is 153 Å². The number of amides is 2. The van der Waals surface area contributed by atoms with Gasteiger partial charge in [-0.3, -0.25) is 43.0 Å². The Balaban J connectivity index is 0.000000409. The Morgan fingerprint density at radius 1 is 0.613 bits per heavy atom. The molecule has 3 heterocycles. The Kier molecular flexibility index (Phi) is 27.2. The number of rotatable bonds is 19. The summed E-state index contributed by atoms with van der Waals surface area (Å²) in [5.74, 6) is -14.3. The summed E-state index contributed by atoms with van der Waals surface area (Å²) < 4.78 is 212. The highest BCUT2D eigenvalue weighted by Crippen LogP contribution is 2.38. The van der Waals surface area contributed by atoms with Gasteiger partial charge in [-0.2, -0.15) is 57.8 Å². The van der Waals surface area contributed by atoms with E-state index in [0.717, 1.165) is 109 Å². The minimum absolute atomic E-state index is 0.0733. The van der Waals surface area contributed by atoms with E-state index in [9.17, 15) is 101 Å². The molecule has 0 aliphatic carbocycles. The molecule has 0 spiro atoms. The summed E-state index contributed by atoms with van der Waals surface area (Å²) in [5, 5.41) is 10.5. The highest BCUT2D eigenvalue weighted by atomic mass is 19.4. The molecule has 0 saturated heterocycles. The summed E-state index contributed by atoms with van der Waals surface area (Å²) in [4.78, 5) is 121. The molecule has 0 bridgehead atoms. The third-order valence-corrected chi connectivity index (χ3v) is 11.9. The number of esters is 8. The Hall–Kier alpha value is -10.1. The average Bonchev–Trinajstić information content (AvgIpc) is 1.76. The lowest BCUT2D eigenvalue weighted by Crippen LogP contribution is -2.64. The smallest absolute Gasteiger partial charge is 0.471 e. The number of methoxy groups -OCH3 is 3. The molecule has 29 nitrogen and oxygen atoms in total. The number of hydrogen-bond acceptors (Lipinski definition) is 24. The maximum atomic E-state index is 13.5. The molecule has 2 amide bonds. The number of nitrogens with one attached hydrogen (secondary N) is 2. The van der Waals surface area contributed by atoms with Gasteiger partial charge in [0, 0.05) is 58.0 Å². The first-order valence-corrected chi connectivity index (χ1v) is 25.7. The number of halogens is 12. The number of benzene rings is 2. The van der Waals surface area contributed by atoms with Crippen LogP contribution in [0.15, 0.2) is 71.4 Å².